The van der Waals surface area contributed by atoms with E-state index in [-0.39, 0.29) is 11.3 Å². The van der Waals surface area contributed by atoms with Gasteiger partial charge < -0.3 is 9.80 Å². The summed E-state index contributed by atoms with van der Waals surface area (Å²) in [6.07, 6.45) is -2.24. The van der Waals surface area contributed by atoms with Gasteiger partial charge in [-0.3, -0.25) is 4.79 Å². The number of pyridine rings is 1. The first kappa shape index (κ1) is 18.5. The van der Waals surface area contributed by atoms with Crippen LogP contribution >= 0.6 is 0 Å². The highest BCUT2D eigenvalue weighted by atomic mass is 19.4. The molecule has 1 aliphatic heterocycles. The van der Waals surface area contributed by atoms with E-state index in [0.29, 0.717) is 38.4 Å². The maximum Gasteiger partial charge on any atom is 0.417 e. The second-order valence-corrected chi connectivity index (χ2v) is 7.36. The highest BCUT2D eigenvalue weighted by Crippen LogP contribution is 2.29. The molecule has 1 aromatic heterocycles. The number of nitrogens with zero attached hydrogens (tertiary/aromatic N) is 3. The third kappa shape index (κ3) is 5.11. The van der Waals surface area contributed by atoms with Crippen LogP contribution in [0, 0.1) is 5.41 Å². The zero-order valence-electron chi connectivity index (χ0n) is 14.4. The van der Waals surface area contributed by atoms with Crippen LogP contribution < -0.4 is 4.90 Å². The minimum absolute atomic E-state index is 0.0575. The molecule has 1 amide bonds. The fraction of sp³-hybridized carbons (Fsp3) is 0.647. The largest absolute Gasteiger partial charge is 0.417 e. The number of carbonyl (C=O) groups excluding carboxylic acids is 1. The number of hydrogen-bond donors (Lipinski definition) is 0. The van der Waals surface area contributed by atoms with Gasteiger partial charge in [-0.05, 0) is 24.0 Å². The van der Waals surface area contributed by atoms with E-state index >= 15 is 0 Å². The lowest BCUT2D eigenvalue weighted by Gasteiger charge is -2.26. The molecule has 0 spiro atoms. The molecule has 134 valence electrons. The Morgan fingerprint density at radius 1 is 1.12 bits per heavy atom. The van der Waals surface area contributed by atoms with Crippen LogP contribution in [0.25, 0.3) is 0 Å². The topological polar surface area (TPSA) is 36.4 Å². The predicted octanol–water partition coefficient (Wildman–Crippen LogP) is 3.58. The number of halogens is 3. The van der Waals surface area contributed by atoms with Crippen molar-refractivity contribution in [1.82, 2.24) is 9.88 Å². The van der Waals surface area contributed by atoms with Crippen molar-refractivity contribution in [1.29, 1.82) is 0 Å². The lowest BCUT2D eigenvalue weighted by atomic mass is 9.91. The van der Waals surface area contributed by atoms with Gasteiger partial charge in [-0.1, -0.05) is 20.8 Å². The molecule has 2 rings (SSSR count). The van der Waals surface area contributed by atoms with E-state index in [4.69, 9.17) is 0 Å². The van der Waals surface area contributed by atoms with Gasteiger partial charge in [-0.15, -0.1) is 0 Å². The molecule has 1 fully saturated rings. The molecule has 0 aromatic carbocycles. The van der Waals surface area contributed by atoms with E-state index in [1.165, 1.54) is 6.07 Å². The van der Waals surface area contributed by atoms with E-state index in [1.807, 2.05) is 30.6 Å². The maximum absolute atomic E-state index is 12.6. The fourth-order valence-corrected chi connectivity index (χ4v) is 2.70. The Bertz CT molecular complexity index is 564. The smallest absolute Gasteiger partial charge is 0.355 e. The lowest BCUT2D eigenvalue weighted by molar-refractivity contribution is -0.138. The minimum atomic E-state index is -4.37. The Morgan fingerprint density at radius 3 is 2.38 bits per heavy atom. The van der Waals surface area contributed by atoms with Crippen molar-refractivity contribution >= 4 is 11.7 Å². The second kappa shape index (κ2) is 6.99. The fourth-order valence-electron chi connectivity index (χ4n) is 2.70. The Hall–Kier alpha value is -1.79. The van der Waals surface area contributed by atoms with Crippen LogP contribution in [0.1, 0.15) is 39.2 Å². The molecule has 4 nitrogen and oxygen atoms in total. The van der Waals surface area contributed by atoms with Crippen LogP contribution in [0.15, 0.2) is 18.3 Å². The highest BCUT2D eigenvalue weighted by Gasteiger charge is 2.31. The summed E-state index contributed by atoms with van der Waals surface area (Å²) < 4.78 is 37.8. The van der Waals surface area contributed by atoms with Gasteiger partial charge in [0.1, 0.15) is 5.82 Å². The zero-order valence-corrected chi connectivity index (χ0v) is 14.4. The van der Waals surface area contributed by atoms with Crippen LogP contribution in [-0.2, 0) is 11.0 Å². The molecule has 2 heterocycles. The number of alkyl halides is 3. The second-order valence-electron chi connectivity index (χ2n) is 7.36. The molecule has 0 aliphatic carbocycles. The van der Waals surface area contributed by atoms with Gasteiger partial charge >= 0.3 is 6.18 Å². The molecule has 0 unspecified atom stereocenters. The number of carbonyl (C=O) groups is 1. The number of hydrogen-bond acceptors (Lipinski definition) is 3. The first-order chi connectivity index (χ1) is 11.1. The van der Waals surface area contributed by atoms with Gasteiger partial charge in [0.05, 0.1) is 5.56 Å². The van der Waals surface area contributed by atoms with Crippen LogP contribution in [0.2, 0.25) is 0 Å². The quantitative estimate of drug-likeness (QED) is 0.824. The van der Waals surface area contributed by atoms with Crippen LogP contribution in [0.5, 0.6) is 0 Å². The van der Waals surface area contributed by atoms with E-state index in [2.05, 4.69) is 4.98 Å². The van der Waals surface area contributed by atoms with Gasteiger partial charge in [-0.25, -0.2) is 4.98 Å². The van der Waals surface area contributed by atoms with Gasteiger partial charge in [0.15, 0.2) is 0 Å². The van der Waals surface area contributed by atoms with Crippen molar-refractivity contribution in [3.8, 4) is 0 Å². The zero-order chi connectivity index (χ0) is 18.0. The van der Waals surface area contributed by atoms with Gasteiger partial charge in [-0.2, -0.15) is 13.2 Å². The third-order valence-electron chi connectivity index (χ3n) is 3.93. The van der Waals surface area contributed by atoms with E-state index < -0.39 is 11.7 Å². The molecular weight excluding hydrogens is 319 g/mol. The molecule has 24 heavy (non-hydrogen) atoms. The summed E-state index contributed by atoms with van der Waals surface area (Å²) in [6.45, 7) is 8.58. The first-order valence-electron chi connectivity index (χ1n) is 8.12. The molecule has 0 atom stereocenters. The third-order valence-corrected chi connectivity index (χ3v) is 3.93. The predicted molar refractivity (Wildman–Crippen MR) is 86.7 cm³/mol. The Kier molecular flexibility index (Phi) is 5.40. The normalized spacial score (nSPS) is 16.9. The van der Waals surface area contributed by atoms with Crippen LogP contribution in [-0.4, -0.2) is 42.0 Å². The monoisotopic (exact) mass is 343 g/mol. The Labute approximate surface area is 140 Å². The van der Waals surface area contributed by atoms with Crippen molar-refractivity contribution in [2.45, 2.75) is 39.8 Å². The maximum atomic E-state index is 12.6. The van der Waals surface area contributed by atoms with E-state index in [9.17, 15) is 18.0 Å². The SMILES string of the molecule is CC(C)(C)CC(=O)N1CCCN(c2ccc(C(F)(F)F)cn2)CC1. The van der Waals surface area contributed by atoms with Gasteiger partial charge in [0, 0.05) is 38.8 Å². The summed E-state index contributed by atoms with van der Waals surface area (Å²) in [5.74, 6) is 0.651. The molecule has 0 radical (unpaired) electrons. The molecule has 1 saturated heterocycles. The summed E-state index contributed by atoms with van der Waals surface area (Å²) in [4.78, 5) is 20.1. The highest BCUT2D eigenvalue weighted by molar-refractivity contribution is 5.77. The standard InChI is InChI=1S/C17H24F3N3O/c1-16(2,3)11-15(24)23-8-4-7-22(9-10-23)14-6-5-13(12-21-14)17(18,19)20/h5-6,12H,4,7-11H2,1-3H3. The minimum Gasteiger partial charge on any atom is -0.355 e. The summed E-state index contributed by atoms with van der Waals surface area (Å²) in [6, 6.07) is 2.45. The van der Waals surface area contributed by atoms with Crippen molar-refractivity contribution in [3.05, 3.63) is 23.9 Å². The molecule has 0 saturated carbocycles. The van der Waals surface area contributed by atoms with Gasteiger partial charge in [0.2, 0.25) is 5.91 Å². The first-order valence-corrected chi connectivity index (χ1v) is 8.12. The number of rotatable bonds is 2. The van der Waals surface area contributed by atoms with E-state index in [1.54, 1.807) is 0 Å². The average Bonchev–Trinajstić information content (AvgIpc) is 2.70. The van der Waals surface area contributed by atoms with Crippen molar-refractivity contribution in [3.63, 3.8) is 0 Å². The van der Waals surface area contributed by atoms with Crippen LogP contribution in [0.4, 0.5) is 19.0 Å². The Balaban J connectivity index is 1.99. The van der Waals surface area contributed by atoms with Gasteiger partial charge in [0.25, 0.3) is 0 Å². The average molecular weight is 343 g/mol. The van der Waals surface area contributed by atoms with E-state index in [0.717, 1.165) is 18.7 Å². The summed E-state index contributed by atoms with van der Waals surface area (Å²) in [7, 11) is 0. The molecule has 1 aromatic rings. The molecule has 0 N–H and O–H groups in total. The summed E-state index contributed by atoms with van der Waals surface area (Å²) in [5, 5.41) is 0. The molecule has 7 heteroatoms. The van der Waals surface area contributed by atoms with Crippen molar-refractivity contribution in [2.24, 2.45) is 5.41 Å². The van der Waals surface area contributed by atoms with Crippen LogP contribution in [0.3, 0.4) is 0 Å². The number of aromatic nitrogens is 1. The molecule has 1 aliphatic rings. The summed E-state index contributed by atoms with van der Waals surface area (Å²) >= 11 is 0. The molecule has 0 bridgehead atoms. The summed E-state index contributed by atoms with van der Waals surface area (Å²) in [5.41, 5.74) is -0.805. The molecular formula is C17H24F3N3O. The number of anilines is 1. The number of amides is 1. The van der Waals surface area contributed by atoms with Crippen molar-refractivity contribution < 1.29 is 18.0 Å². The lowest BCUT2D eigenvalue weighted by Crippen LogP contribution is -2.37. The van der Waals surface area contributed by atoms with Crippen molar-refractivity contribution in [2.75, 3.05) is 31.1 Å². The Morgan fingerprint density at radius 2 is 1.83 bits per heavy atom.